The standard InChI is InChI=1S/C17H22N2OS/c20-17(19-9-7-13-5-6-14(11-19)18-13)16-15-4-2-1-3-12(15)8-10-21-16/h1-4,13-14,16,18H,5-11H2. The average Bonchev–Trinajstić information content (AvgIpc) is 2.85. The number of nitrogens with one attached hydrogen (secondary N) is 1. The van der Waals surface area contributed by atoms with Crippen molar-refractivity contribution < 1.29 is 4.79 Å². The molecule has 1 N–H and O–H groups in total. The highest BCUT2D eigenvalue weighted by Crippen LogP contribution is 2.38. The lowest BCUT2D eigenvalue weighted by atomic mass is 10.00. The summed E-state index contributed by atoms with van der Waals surface area (Å²) in [6.45, 7) is 1.82. The van der Waals surface area contributed by atoms with Gasteiger partial charge >= 0.3 is 0 Å². The molecule has 3 aliphatic heterocycles. The van der Waals surface area contributed by atoms with Crippen LogP contribution in [0.4, 0.5) is 0 Å². The molecule has 3 atom stereocenters. The van der Waals surface area contributed by atoms with Crippen LogP contribution >= 0.6 is 11.8 Å². The van der Waals surface area contributed by atoms with E-state index in [2.05, 4.69) is 34.5 Å². The van der Waals surface area contributed by atoms with Crippen LogP contribution in [0.2, 0.25) is 0 Å². The van der Waals surface area contributed by atoms with Crippen molar-refractivity contribution in [3.05, 3.63) is 35.4 Å². The fourth-order valence-corrected chi connectivity index (χ4v) is 5.18. The summed E-state index contributed by atoms with van der Waals surface area (Å²) in [5, 5.41) is 3.68. The summed E-state index contributed by atoms with van der Waals surface area (Å²) in [7, 11) is 0. The van der Waals surface area contributed by atoms with E-state index < -0.39 is 0 Å². The predicted molar refractivity (Wildman–Crippen MR) is 86.5 cm³/mol. The molecule has 0 aromatic heterocycles. The second-order valence-electron chi connectivity index (χ2n) is 6.41. The van der Waals surface area contributed by atoms with E-state index in [-0.39, 0.29) is 5.25 Å². The molecule has 3 heterocycles. The van der Waals surface area contributed by atoms with E-state index in [1.54, 1.807) is 0 Å². The topological polar surface area (TPSA) is 32.3 Å². The lowest BCUT2D eigenvalue weighted by Crippen LogP contribution is -2.41. The molecule has 3 nitrogen and oxygen atoms in total. The fraction of sp³-hybridized carbons (Fsp3) is 0.588. The number of likely N-dealkylation sites (tertiary alicyclic amines) is 1. The summed E-state index contributed by atoms with van der Waals surface area (Å²) in [5.74, 6) is 1.40. The molecule has 4 heteroatoms. The van der Waals surface area contributed by atoms with E-state index in [1.807, 2.05) is 11.8 Å². The van der Waals surface area contributed by atoms with E-state index >= 15 is 0 Å². The minimum Gasteiger partial charge on any atom is -0.340 e. The maximum atomic E-state index is 13.0. The summed E-state index contributed by atoms with van der Waals surface area (Å²) >= 11 is 1.82. The molecule has 0 aliphatic carbocycles. The second kappa shape index (κ2) is 5.65. The number of hydrogen-bond donors (Lipinski definition) is 1. The van der Waals surface area contributed by atoms with Crippen LogP contribution in [0.15, 0.2) is 24.3 Å². The minimum absolute atomic E-state index is 0.0200. The van der Waals surface area contributed by atoms with Crippen molar-refractivity contribution in [2.24, 2.45) is 0 Å². The van der Waals surface area contributed by atoms with Gasteiger partial charge in [-0.15, -0.1) is 11.8 Å². The number of hydrogen-bond acceptors (Lipinski definition) is 3. The van der Waals surface area contributed by atoms with E-state index in [4.69, 9.17) is 0 Å². The van der Waals surface area contributed by atoms with Crippen LogP contribution in [0.1, 0.15) is 35.6 Å². The minimum atomic E-state index is 0.0200. The third-order valence-corrected chi connectivity index (χ3v) is 6.28. The molecular weight excluding hydrogens is 280 g/mol. The molecule has 3 unspecified atom stereocenters. The number of fused-ring (bicyclic) bond motifs is 3. The predicted octanol–water partition coefficient (Wildman–Crippen LogP) is 2.37. The summed E-state index contributed by atoms with van der Waals surface area (Å²) in [6, 6.07) is 9.64. The number of thioether (sulfide) groups is 1. The van der Waals surface area contributed by atoms with Gasteiger partial charge in [0.1, 0.15) is 5.25 Å². The molecule has 4 rings (SSSR count). The highest BCUT2D eigenvalue weighted by molar-refractivity contribution is 8.00. The molecule has 1 amide bonds. The first kappa shape index (κ1) is 13.6. The van der Waals surface area contributed by atoms with Crippen LogP contribution in [0, 0.1) is 0 Å². The van der Waals surface area contributed by atoms with Crippen LogP contribution in [0.5, 0.6) is 0 Å². The largest absolute Gasteiger partial charge is 0.340 e. The highest BCUT2D eigenvalue weighted by atomic mass is 32.2. The van der Waals surface area contributed by atoms with Crippen molar-refractivity contribution in [1.29, 1.82) is 0 Å². The van der Waals surface area contributed by atoms with Gasteiger partial charge in [0.15, 0.2) is 0 Å². The van der Waals surface area contributed by atoms with Gasteiger partial charge in [0.25, 0.3) is 0 Å². The normalized spacial score (nSPS) is 31.6. The van der Waals surface area contributed by atoms with Crippen LogP contribution in [-0.2, 0) is 11.2 Å². The molecule has 112 valence electrons. The Kier molecular flexibility index (Phi) is 3.67. The Balaban J connectivity index is 1.55. The third-order valence-electron chi connectivity index (χ3n) is 5.05. The molecule has 0 saturated carbocycles. The maximum absolute atomic E-state index is 13.0. The van der Waals surface area contributed by atoms with Crippen molar-refractivity contribution in [2.75, 3.05) is 18.8 Å². The molecule has 0 spiro atoms. The van der Waals surface area contributed by atoms with Crippen molar-refractivity contribution >= 4 is 17.7 Å². The Morgan fingerprint density at radius 3 is 3.00 bits per heavy atom. The zero-order valence-corrected chi connectivity index (χ0v) is 13.1. The first-order chi connectivity index (χ1) is 10.3. The summed E-state index contributed by atoms with van der Waals surface area (Å²) in [6.07, 6.45) is 4.72. The van der Waals surface area contributed by atoms with E-state index in [9.17, 15) is 4.79 Å². The molecule has 2 bridgehead atoms. The molecule has 1 aromatic rings. The molecule has 0 radical (unpaired) electrons. The van der Waals surface area contributed by atoms with Gasteiger partial charge in [0.05, 0.1) is 0 Å². The monoisotopic (exact) mass is 302 g/mol. The number of carbonyl (C=O) groups excluding carboxylic acids is 1. The molecule has 3 aliphatic rings. The summed E-state index contributed by atoms with van der Waals surface area (Å²) in [5.41, 5.74) is 2.62. The first-order valence-corrected chi connectivity index (χ1v) is 9.10. The van der Waals surface area contributed by atoms with Crippen LogP contribution in [0.3, 0.4) is 0 Å². The fourth-order valence-electron chi connectivity index (χ4n) is 3.91. The van der Waals surface area contributed by atoms with Crippen LogP contribution in [-0.4, -0.2) is 41.7 Å². The molecule has 2 fully saturated rings. The lowest BCUT2D eigenvalue weighted by Gasteiger charge is -2.31. The molecule has 21 heavy (non-hydrogen) atoms. The van der Waals surface area contributed by atoms with Gasteiger partial charge in [-0.25, -0.2) is 0 Å². The van der Waals surface area contributed by atoms with Crippen molar-refractivity contribution in [2.45, 2.75) is 43.0 Å². The zero-order chi connectivity index (χ0) is 14.2. The molecule has 2 saturated heterocycles. The lowest BCUT2D eigenvalue weighted by molar-refractivity contribution is -0.131. The van der Waals surface area contributed by atoms with Crippen molar-refractivity contribution in [3.8, 4) is 0 Å². The Morgan fingerprint density at radius 2 is 2.05 bits per heavy atom. The first-order valence-electron chi connectivity index (χ1n) is 8.05. The Labute approximate surface area is 130 Å². The molecule has 1 aromatic carbocycles. The Hall–Kier alpha value is -1.00. The van der Waals surface area contributed by atoms with Gasteiger partial charge in [-0.3, -0.25) is 4.79 Å². The Bertz CT molecular complexity index is 547. The van der Waals surface area contributed by atoms with Gasteiger partial charge < -0.3 is 10.2 Å². The number of nitrogens with zero attached hydrogens (tertiary/aromatic N) is 1. The number of rotatable bonds is 1. The Morgan fingerprint density at radius 1 is 1.19 bits per heavy atom. The quantitative estimate of drug-likeness (QED) is 0.864. The average molecular weight is 302 g/mol. The second-order valence-corrected chi connectivity index (χ2v) is 7.62. The van der Waals surface area contributed by atoms with Gasteiger partial charge in [-0.1, -0.05) is 24.3 Å². The molecular formula is C17H22N2OS. The van der Waals surface area contributed by atoms with Gasteiger partial charge in [0, 0.05) is 25.2 Å². The summed E-state index contributed by atoms with van der Waals surface area (Å²) in [4.78, 5) is 15.1. The zero-order valence-electron chi connectivity index (χ0n) is 12.3. The van der Waals surface area contributed by atoms with Crippen LogP contribution < -0.4 is 5.32 Å². The van der Waals surface area contributed by atoms with Crippen molar-refractivity contribution in [1.82, 2.24) is 10.2 Å². The summed E-state index contributed by atoms with van der Waals surface area (Å²) < 4.78 is 0. The third kappa shape index (κ3) is 2.59. The van der Waals surface area contributed by atoms with Gasteiger partial charge in [-0.05, 0) is 42.6 Å². The number of carbonyl (C=O) groups is 1. The van der Waals surface area contributed by atoms with Crippen LogP contribution in [0.25, 0.3) is 0 Å². The highest BCUT2D eigenvalue weighted by Gasteiger charge is 2.35. The smallest absolute Gasteiger partial charge is 0.240 e. The van der Waals surface area contributed by atoms with E-state index in [1.165, 1.54) is 24.0 Å². The van der Waals surface area contributed by atoms with E-state index in [0.29, 0.717) is 18.0 Å². The van der Waals surface area contributed by atoms with Gasteiger partial charge in [0.2, 0.25) is 5.91 Å². The van der Waals surface area contributed by atoms with Gasteiger partial charge in [-0.2, -0.15) is 0 Å². The number of aryl methyl sites for hydroxylation is 1. The number of amides is 1. The van der Waals surface area contributed by atoms with E-state index in [0.717, 1.165) is 31.7 Å². The maximum Gasteiger partial charge on any atom is 0.240 e. The number of benzene rings is 1. The SMILES string of the molecule is O=C(C1SCCc2ccccc21)N1CCC2CCC(C1)N2. The van der Waals surface area contributed by atoms with Crippen molar-refractivity contribution in [3.63, 3.8) is 0 Å².